The highest BCUT2D eigenvalue weighted by Gasteiger charge is 2.16. The molecule has 0 aliphatic rings. The first-order chi connectivity index (χ1) is 9.04. The van der Waals surface area contributed by atoms with E-state index >= 15 is 0 Å². The Balaban J connectivity index is 2.54. The number of hydrogen-bond donors (Lipinski definition) is 1. The van der Waals surface area contributed by atoms with Gasteiger partial charge in [0.2, 0.25) is 0 Å². The maximum atomic E-state index is 11.2. The van der Waals surface area contributed by atoms with E-state index in [2.05, 4.69) is 5.10 Å². The smallest absolute Gasteiger partial charge is 0.339 e. The van der Waals surface area contributed by atoms with Crippen LogP contribution in [-0.2, 0) is 0 Å². The maximum Gasteiger partial charge on any atom is 0.339 e. The second-order valence-electron chi connectivity index (χ2n) is 4.49. The van der Waals surface area contributed by atoms with Crippen LogP contribution in [0.15, 0.2) is 30.6 Å². The molecule has 2 aromatic rings. The quantitative estimate of drug-likeness (QED) is 0.918. The molecular weight excluding hydrogens is 244 g/mol. The van der Waals surface area contributed by atoms with Crippen LogP contribution in [0.1, 0.15) is 30.2 Å². The number of rotatable bonds is 4. The number of aromatic carboxylic acids is 1. The van der Waals surface area contributed by atoms with Gasteiger partial charge in [-0.05, 0) is 19.9 Å². The molecule has 1 aromatic heterocycles. The average Bonchev–Trinajstić information content (AvgIpc) is 2.87. The van der Waals surface area contributed by atoms with E-state index in [1.807, 2.05) is 30.8 Å². The van der Waals surface area contributed by atoms with Crippen molar-refractivity contribution in [3.63, 3.8) is 0 Å². The number of methoxy groups -OCH3 is 1. The fourth-order valence-electron chi connectivity index (χ4n) is 1.91. The maximum absolute atomic E-state index is 11.2. The highest BCUT2D eigenvalue weighted by molar-refractivity contribution is 5.94. The minimum Gasteiger partial charge on any atom is -0.495 e. The summed E-state index contributed by atoms with van der Waals surface area (Å²) in [6, 6.07) is 5.31. The summed E-state index contributed by atoms with van der Waals surface area (Å²) in [4.78, 5) is 11.2. The van der Waals surface area contributed by atoms with Crippen LogP contribution >= 0.6 is 0 Å². The van der Waals surface area contributed by atoms with Gasteiger partial charge in [-0.2, -0.15) is 5.10 Å². The van der Waals surface area contributed by atoms with Crippen LogP contribution in [-0.4, -0.2) is 28.0 Å². The Morgan fingerprint density at radius 1 is 1.42 bits per heavy atom. The highest BCUT2D eigenvalue weighted by Crippen LogP contribution is 2.33. The van der Waals surface area contributed by atoms with Crippen molar-refractivity contribution in [2.45, 2.75) is 19.9 Å². The van der Waals surface area contributed by atoms with Gasteiger partial charge in [0, 0.05) is 23.4 Å². The molecule has 0 unspecified atom stereocenters. The largest absolute Gasteiger partial charge is 0.495 e. The van der Waals surface area contributed by atoms with Gasteiger partial charge in [0.15, 0.2) is 0 Å². The number of benzene rings is 1. The van der Waals surface area contributed by atoms with Crippen LogP contribution < -0.4 is 4.74 Å². The summed E-state index contributed by atoms with van der Waals surface area (Å²) in [7, 11) is 1.47. The third kappa shape index (κ3) is 2.45. The molecule has 0 bridgehead atoms. The summed E-state index contributed by atoms with van der Waals surface area (Å²) in [6.07, 6.45) is 3.59. The SMILES string of the molecule is COc1c(C(=O)O)cccc1-c1cnn(C(C)C)c1. The van der Waals surface area contributed by atoms with Crippen molar-refractivity contribution < 1.29 is 14.6 Å². The number of para-hydroxylation sites is 1. The van der Waals surface area contributed by atoms with Gasteiger partial charge in [-0.1, -0.05) is 12.1 Å². The molecule has 0 saturated heterocycles. The molecule has 0 amide bonds. The molecule has 5 heteroatoms. The summed E-state index contributed by atoms with van der Waals surface area (Å²) in [5, 5.41) is 13.4. The van der Waals surface area contributed by atoms with E-state index in [0.29, 0.717) is 5.75 Å². The van der Waals surface area contributed by atoms with Crippen LogP contribution in [0.5, 0.6) is 5.75 Å². The third-order valence-corrected chi connectivity index (χ3v) is 2.89. The van der Waals surface area contributed by atoms with Gasteiger partial charge < -0.3 is 9.84 Å². The molecule has 2 rings (SSSR count). The van der Waals surface area contributed by atoms with Crippen molar-refractivity contribution in [3.8, 4) is 16.9 Å². The monoisotopic (exact) mass is 260 g/mol. The number of carboxylic acid groups (broad SMARTS) is 1. The number of hydrogen-bond acceptors (Lipinski definition) is 3. The van der Waals surface area contributed by atoms with Crippen LogP contribution in [0.2, 0.25) is 0 Å². The highest BCUT2D eigenvalue weighted by atomic mass is 16.5. The van der Waals surface area contributed by atoms with Crippen LogP contribution in [0.3, 0.4) is 0 Å². The van der Waals surface area contributed by atoms with Gasteiger partial charge in [0.1, 0.15) is 11.3 Å². The minimum atomic E-state index is -1.00. The van der Waals surface area contributed by atoms with E-state index in [4.69, 9.17) is 9.84 Å². The first-order valence-electron chi connectivity index (χ1n) is 5.99. The predicted octanol–water partition coefficient (Wildman–Crippen LogP) is 2.84. The number of aromatic nitrogens is 2. The Hall–Kier alpha value is -2.30. The molecule has 5 nitrogen and oxygen atoms in total. The van der Waals surface area contributed by atoms with E-state index < -0.39 is 5.97 Å². The number of carbonyl (C=O) groups is 1. The molecule has 0 fully saturated rings. The van der Waals surface area contributed by atoms with Crippen LogP contribution in [0.4, 0.5) is 0 Å². The van der Waals surface area contributed by atoms with Gasteiger partial charge in [-0.15, -0.1) is 0 Å². The summed E-state index contributed by atoms with van der Waals surface area (Å²) < 4.78 is 7.07. The van der Waals surface area contributed by atoms with Crippen molar-refractivity contribution in [1.82, 2.24) is 9.78 Å². The van der Waals surface area contributed by atoms with Crippen molar-refractivity contribution in [2.75, 3.05) is 7.11 Å². The number of carboxylic acids is 1. The molecule has 1 N–H and O–H groups in total. The van der Waals surface area contributed by atoms with E-state index in [1.54, 1.807) is 12.3 Å². The van der Waals surface area contributed by atoms with Gasteiger partial charge in [0.25, 0.3) is 0 Å². The lowest BCUT2D eigenvalue weighted by Crippen LogP contribution is -2.01. The number of ether oxygens (including phenoxy) is 1. The average molecular weight is 260 g/mol. The first kappa shape index (κ1) is 13.1. The van der Waals surface area contributed by atoms with E-state index in [0.717, 1.165) is 11.1 Å². The molecule has 0 atom stereocenters. The zero-order chi connectivity index (χ0) is 14.0. The fourth-order valence-corrected chi connectivity index (χ4v) is 1.91. The molecule has 0 aliphatic heterocycles. The molecule has 0 radical (unpaired) electrons. The summed E-state index contributed by atoms with van der Waals surface area (Å²) in [6.45, 7) is 4.06. The van der Waals surface area contributed by atoms with E-state index in [1.165, 1.54) is 13.2 Å². The molecule has 19 heavy (non-hydrogen) atoms. The molecule has 0 spiro atoms. The third-order valence-electron chi connectivity index (χ3n) is 2.89. The van der Waals surface area contributed by atoms with Gasteiger partial charge >= 0.3 is 5.97 Å². The van der Waals surface area contributed by atoms with E-state index in [-0.39, 0.29) is 11.6 Å². The van der Waals surface area contributed by atoms with Crippen LogP contribution in [0, 0.1) is 0 Å². The normalized spacial score (nSPS) is 10.7. The molecule has 1 aromatic carbocycles. The lowest BCUT2D eigenvalue weighted by Gasteiger charge is -2.10. The fraction of sp³-hybridized carbons (Fsp3) is 0.286. The Kier molecular flexibility index (Phi) is 3.55. The first-order valence-corrected chi connectivity index (χ1v) is 5.99. The van der Waals surface area contributed by atoms with E-state index in [9.17, 15) is 4.79 Å². The van der Waals surface area contributed by atoms with Gasteiger partial charge in [-0.25, -0.2) is 4.79 Å². The van der Waals surface area contributed by atoms with Crippen molar-refractivity contribution in [1.29, 1.82) is 0 Å². The number of nitrogens with zero attached hydrogens (tertiary/aromatic N) is 2. The Labute approximate surface area is 111 Å². The summed E-state index contributed by atoms with van der Waals surface area (Å²) in [5.74, 6) is -0.645. The van der Waals surface area contributed by atoms with Crippen molar-refractivity contribution in [3.05, 3.63) is 36.2 Å². The predicted molar refractivity (Wildman–Crippen MR) is 71.6 cm³/mol. The Bertz CT molecular complexity index is 602. The van der Waals surface area contributed by atoms with Gasteiger partial charge in [-0.3, -0.25) is 4.68 Å². The second-order valence-corrected chi connectivity index (χ2v) is 4.49. The van der Waals surface area contributed by atoms with Crippen molar-refractivity contribution >= 4 is 5.97 Å². The summed E-state index contributed by atoms with van der Waals surface area (Å²) in [5.41, 5.74) is 1.72. The van der Waals surface area contributed by atoms with Crippen LogP contribution in [0.25, 0.3) is 11.1 Å². The molecule has 1 heterocycles. The minimum absolute atomic E-state index is 0.150. The second kappa shape index (κ2) is 5.14. The Morgan fingerprint density at radius 3 is 2.68 bits per heavy atom. The molecule has 100 valence electrons. The topological polar surface area (TPSA) is 64.3 Å². The van der Waals surface area contributed by atoms with Gasteiger partial charge in [0.05, 0.1) is 13.3 Å². The molecule has 0 saturated carbocycles. The molecular formula is C14H16N2O3. The lowest BCUT2D eigenvalue weighted by molar-refractivity contribution is 0.0693. The Morgan fingerprint density at radius 2 is 2.16 bits per heavy atom. The lowest BCUT2D eigenvalue weighted by atomic mass is 10.0. The zero-order valence-electron chi connectivity index (χ0n) is 11.1. The standard InChI is InChI=1S/C14H16N2O3/c1-9(2)16-8-10(7-15-16)11-5-4-6-12(14(17)18)13(11)19-3/h4-9H,1-3H3,(H,17,18). The molecule has 0 aliphatic carbocycles. The zero-order valence-corrected chi connectivity index (χ0v) is 11.1. The van der Waals surface area contributed by atoms with Crippen molar-refractivity contribution in [2.24, 2.45) is 0 Å². The summed E-state index contributed by atoms with van der Waals surface area (Å²) >= 11 is 0.